The number of nitrogens with two attached hydrogens (primary N) is 1. The second-order valence-electron chi connectivity index (χ2n) is 8.14. The molecule has 0 fully saturated rings. The number of carbonyl (C=O) groups is 3. The maximum Gasteiger partial charge on any atom is 0.339 e. The van der Waals surface area contributed by atoms with Crippen molar-refractivity contribution >= 4 is 29.2 Å². The number of hydrogen-bond acceptors (Lipinski definition) is 8. The number of hydrogen-bond donors (Lipinski definition) is 1. The summed E-state index contributed by atoms with van der Waals surface area (Å²) in [7, 11) is 0. The van der Waals surface area contributed by atoms with Crippen LogP contribution in [-0.2, 0) is 28.6 Å². The molecule has 0 aliphatic carbocycles. The Morgan fingerprint density at radius 3 is 2.05 bits per heavy atom. The minimum Gasteiger partial charge on any atom is -0.463 e. The molecular formula is C28H25N3O6. The summed E-state index contributed by atoms with van der Waals surface area (Å²) in [5.41, 5.74) is 4.01. The van der Waals surface area contributed by atoms with Gasteiger partial charge in [-0.1, -0.05) is 48.5 Å². The van der Waals surface area contributed by atoms with Crippen molar-refractivity contribution in [3.8, 4) is 6.07 Å². The number of para-hydroxylation sites is 1. The summed E-state index contributed by atoms with van der Waals surface area (Å²) in [6, 6.07) is 19.2. The first-order valence-electron chi connectivity index (χ1n) is 11.7. The molecular weight excluding hydrogens is 474 g/mol. The second-order valence-corrected chi connectivity index (χ2v) is 8.14. The summed E-state index contributed by atoms with van der Waals surface area (Å²) in [5, 5.41) is 10.3. The van der Waals surface area contributed by atoms with E-state index in [1.807, 2.05) is 6.07 Å². The van der Waals surface area contributed by atoms with E-state index < -0.39 is 34.7 Å². The minimum absolute atomic E-state index is 0.0188. The van der Waals surface area contributed by atoms with Gasteiger partial charge in [-0.3, -0.25) is 9.69 Å². The maximum atomic E-state index is 14.7. The number of carbonyl (C=O) groups excluding carboxylic acids is 3. The predicted octanol–water partition coefficient (Wildman–Crippen LogP) is 3.56. The second kappa shape index (κ2) is 10.0. The molecule has 2 aliphatic heterocycles. The van der Waals surface area contributed by atoms with E-state index in [0.717, 1.165) is 0 Å². The van der Waals surface area contributed by atoms with Crippen LogP contribution in [0.4, 0.5) is 5.69 Å². The van der Waals surface area contributed by atoms with Crippen LogP contribution in [0.3, 0.4) is 0 Å². The first-order valence-corrected chi connectivity index (χ1v) is 11.7. The summed E-state index contributed by atoms with van der Waals surface area (Å²) in [6.07, 6.45) is 0. The molecule has 4 rings (SSSR count). The number of anilines is 1. The van der Waals surface area contributed by atoms with Gasteiger partial charge in [0.25, 0.3) is 5.91 Å². The SMILES string of the molecule is CCOC(=O)C1=C(C)OC(N)=C(C#N)C12C(=O)N(c1ccccc1)C(c1ccccc1)=C2C(=O)OCC. The number of allylic oxidation sites excluding steroid dienone is 1. The topological polar surface area (TPSA) is 132 Å². The van der Waals surface area contributed by atoms with Crippen molar-refractivity contribution < 1.29 is 28.6 Å². The van der Waals surface area contributed by atoms with Crippen LogP contribution >= 0.6 is 0 Å². The van der Waals surface area contributed by atoms with Crippen LogP contribution in [0.5, 0.6) is 0 Å². The van der Waals surface area contributed by atoms with Gasteiger partial charge in [-0.15, -0.1) is 0 Å². The Bertz CT molecular complexity index is 1400. The minimum atomic E-state index is -2.26. The number of benzene rings is 2. The molecule has 2 aromatic rings. The molecule has 0 aromatic heterocycles. The molecule has 0 saturated carbocycles. The van der Waals surface area contributed by atoms with Crippen molar-refractivity contribution in [2.24, 2.45) is 11.1 Å². The standard InChI is InChI=1S/C28H25N3O6/c1-4-35-25(32)21-17(3)37-24(30)20(16-29)28(21)22(26(33)36-5-2)23(18-12-8-6-9-13-18)31(27(28)34)19-14-10-7-11-15-19/h6-15H,4-5,30H2,1-3H3. The Hall–Kier alpha value is -4.84. The van der Waals surface area contributed by atoms with Crippen LogP contribution in [0.1, 0.15) is 26.3 Å². The Kier molecular flexibility index (Phi) is 6.85. The van der Waals surface area contributed by atoms with Gasteiger partial charge in [0.05, 0.1) is 24.5 Å². The summed E-state index contributed by atoms with van der Waals surface area (Å²) in [6.45, 7) is 4.61. The van der Waals surface area contributed by atoms with E-state index in [2.05, 4.69) is 0 Å². The number of ether oxygens (including phenoxy) is 3. The Morgan fingerprint density at radius 2 is 1.51 bits per heavy atom. The lowest BCUT2D eigenvalue weighted by Crippen LogP contribution is -2.47. The number of nitrogens with zero attached hydrogens (tertiary/aromatic N) is 2. The third kappa shape index (κ3) is 3.83. The predicted molar refractivity (Wildman–Crippen MR) is 134 cm³/mol. The molecule has 1 amide bonds. The van der Waals surface area contributed by atoms with Gasteiger partial charge >= 0.3 is 11.9 Å². The van der Waals surface area contributed by atoms with Crippen molar-refractivity contribution in [2.75, 3.05) is 18.1 Å². The summed E-state index contributed by atoms with van der Waals surface area (Å²) < 4.78 is 16.3. The van der Waals surface area contributed by atoms with E-state index in [0.29, 0.717) is 11.3 Å². The summed E-state index contributed by atoms with van der Waals surface area (Å²) >= 11 is 0. The van der Waals surface area contributed by atoms with Gasteiger partial charge in [0, 0.05) is 5.69 Å². The third-order valence-corrected chi connectivity index (χ3v) is 6.10. The molecule has 2 aliphatic rings. The van der Waals surface area contributed by atoms with Crippen LogP contribution in [0, 0.1) is 16.7 Å². The number of nitriles is 1. The van der Waals surface area contributed by atoms with E-state index in [1.54, 1.807) is 74.5 Å². The molecule has 37 heavy (non-hydrogen) atoms. The van der Waals surface area contributed by atoms with Crippen molar-refractivity contribution in [3.63, 3.8) is 0 Å². The molecule has 1 atom stereocenters. The largest absolute Gasteiger partial charge is 0.463 e. The van der Waals surface area contributed by atoms with Crippen molar-refractivity contribution in [1.82, 2.24) is 0 Å². The lowest BCUT2D eigenvalue weighted by molar-refractivity contribution is -0.143. The molecule has 2 heterocycles. The Balaban J connectivity index is 2.23. The van der Waals surface area contributed by atoms with Crippen molar-refractivity contribution in [1.29, 1.82) is 5.26 Å². The van der Waals surface area contributed by atoms with Crippen LogP contribution < -0.4 is 10.6 Å². The molecule has 9 heteroatoms. The molecule has 0 saturated heterocycles. The smallest absolute Gasteiger partial charge is 0.339 e. The lowest BCUT2D eigenvalue weighted by Gasteiger charge is -2.35. The summed E-state index contributed by atoms with van der Waals surface area (Å²) in [5.74, 6) is -3.02. The van der Waals surface area contributed by atoms with Crippen LogP contribution in [-0.4, -0.2) is 31.1 Å². The molecule has 2 N–H and O–H groups in total. The average Bonchev–Trinajstić information content (AvgIpc) is 3.14. The van der Waals surface area contributed by atoms with E-state index in [1.165, 1.54) is 11.8 Å². The molecule has 9 nitrogen and oxygen atoms in total. The fraction of sp³-hybridized carbons (Fsp3) is 0.214. The number of esters is 2. The first-order chi connectivity index (χ1) is 17.8. The van der Waals surface area contributed by atoms with Gasteiger partial charge in [0.2, 0.25) is 5.88 Å². The van der Waals surface area contributed by atoms with Gasteiger partial charge in [-0.2, -0.15) is 5.26 Å². The van der Waals surface area contributed by atoms with Crippen LogP contribution in [0.25, 0.3) is 5.70 Å². The average molecular weight is 500 g/mol. The van der Waals surface area contributed by atoms with Crippen molar-refractivity contribution in [3.05, 3.63) is 94.6 Å². The van der Waals surface area contributed by atoms with Crippen LogP contribution in [0.2, 0.25) is 0 Å². The first kappa shape index (κ1) is 25.3. The fourth-order valence-corrected chi connectivity index (χ4v) is 4.76. The molecule has 0 radical (unpaired) electrons. The molecule has 0 bridgehead atoms. The van der Waals surface area contributed by atoms with E-state index >= 15 is 0 Å². The zero-order valence-corrected chi connectivity index (χ0v) is 20.6. The van der Waals surface area contributed by atoms with Gasteiger partial charge in [0.1, 0.15) is 23.0 Å². The highest BCUT2D eigenvalue weighted by Gasteiger charge is 2.66. The van der Waals surface area contributed by atoms with Crippen LogP contribution in [0.15, 0.2) is 89.0 Å². The quantitative estimate of drug-likeness (QED) is 0.597. The molecule has 188 valence electrons. The Morgan fingerprint density at radius 1 is 0.973 bits per heavy atom. The van der Waals surface area contributed by atoms with Crippen molar-refractivity contribution in [2.45, 2.75) is 20.8 Å². The third-order valence-electron chi connectivity index (χ3n) is 6.10. The zero-order chi connectivity index (χ0) is 26.7. The number of amides is 1. The highest BCUT2D eigenvalue weighted by Crippen LogP contribution is 2.57. The van der Waals surface area contributed by atoms with Gasteiger partial charge < -0.3 is 19.9 Å². The van der Waals surface area contributed by atoms with Gasteiger partial charge in [0.15, 0.2) is 5.41 Å². The maximum absolute atomic E-state index is 14.7. The zero-order valence-electron chi connectivity index (χ0n) is 20.6. The summed E-state index contributed by atoms with van der Waals surface area (Å²) in [4.78, 5) is 43.2. The van der Waals surface area contributed by atoms with E-state index in [-0.39, 0.29) is 35.8 Å². The number of rotatable bonds is 6. The highest BCUT2D eigenvalue weighted by molar-refractivity contribution is 6.28. The fourth-order valence-electron chi connectivity index (χ4n) is 4.76. The highest BCUT2D eigenvalue weighted by atomic mass is 16.5. The van der Waals surface area contributed by atoms with E-state index in [4.69, 9.17) is 19.9 Å². The monoisotopic (exact) mass is 499 g/mol. The molecule has 1 spiro atoms. The molecule has 2 aromatic carbocycles. The lowest BCUT2D eigenvalue weighted by atomic mass is 9.67. The van der Waals surface area contributed by atoms with E-state index in [9.17, 15) is 19.6 Å². The van der Waals surface area contributed by atoms with Gasteiger partial charge in [-0.05, 0) is 38.5 Å². The normalized spacial score (nSPS) is 19.2. The molecule has 1 unspecified atom stereocenters. The Labute approximate surface area is 214 Å². The van der Waals surface area contributed by atoms with Gasteiger partial charge in [-0.25, -0.2) is 9.59 Å².